The Labute approximate surface area is 184 Å². The molecule has 2 N–H and O–H groups in total. The number of aliphatic imine (C=N–C) groups is 1. The molecule has 2 aromatic rings. The van der Waals surface area contributed by atoms with Crippen molar-refractivity contribution in [1.82, 2.24) is 14.9 Å². The first-order valence-corrected chi connectivity index (χ1v) is 11.9. The van der Waals surface area contributed by atoms with Crippen LogP contribution in [0.15, 0.2) is 58.4 Å². The number of sulfonamides is 1. The number of rotatable bonds is 8. The van der Waals surface area contributed by atoms with Crippen LogP contribution >= 0.6 is 0 Å². The number of halogens is 1. The van der Waals surface area contributed by atoms with Crippen molar-refractivity contribution in [2.45, 2.75) is 49.6 Å². The second kappa shape index (κ2) is 9.36. The first-order valence-electron chi connectivity index (χ1n) is 10.5. The molecule has 0 radical (unpaired) electrons. The summed E-state index contributed by atoms with van der Waals surface area (Å²) in [7, 11) is -0.220. The lowest BCUT2D eigenvalue weighted by Crippen LogP contribution is -2.41. The molecule has 3 rings (SSSR count). The van der Waals surface area contributed by atoms with Gasteiger partial charge in [-0.1, -0.05) is 30.3 Å². The van der Waals surface area contributed by atoms with Crippen LogP contribution in [0.2, 0.25) is 0 Å². The Morgan fingerprint density at radius 3 is 2.32 bits per heavy atom. The van der Waals surface area contributed by atoms with Crippen molar-refractivity contribution in [3.05, 3.63) is 65.5 Å². The predicted molar refractivity (Wildman–Crippen MR) is 122 cm³/mol. The maximum absolute atomic E-state index is 14.2. The SMILES string of the molecule is CN=C(NCc1ccc(S(=O)(=O)N(C)C(C)C)cc1)NCC1(c2ccccc2F)CC1. The number of guanidine groups is 1. The molecule has 0 spiro atoms. The summed E-state index contributed by atoms with van der Waals surface area (Å²) in [5.74, 6) is 0.460. The number of hydrogen-bond acceptors (Lipinski definition) is 3. The monoisotopic (exact) mass is 446 g/mol. The average molecular weight is 447 g/mol. The number of hydrogen-bond donors (Lipinski definition) is 2. The summed E-state index contributed by atoms with van der Waals surface area (Å²) in [6, 6.07) is 13.7. The zero-order valence-corrected chi connectivity index (χ0v) is 19.3. The largest absolute Gasteiger partial charge is 0.356 e. The summed E-state index contributed by atoms with van der Waals surface area (Å²) in [4.78, 5) is 4.52. The molecule has 0 aliphatic heterocycles. The van der Waals surface area contributed by atoms with Gasteiger partial charge in [-0.2, -0.15) is 4.31 Å². The van der Waals surface area contributed by atoms with Gasteiger partial charge in [0.05, 0.1) is 4.90 Å². The molecule has 0 atom stereocenters. The molecule has 0 unspecified atom stereocenters. The number of benzene rings is 2. The van der Waals surface area contributed by atoms with Gasteiger partial charge in [0.25, 0.3) is 0 Å². The third-order valence-corrected chi connectivity index (χ3v) is 7.95. The van der Waals surface area contributed by atoms with E-state index in [-0.39, 0.29) is 22.2 Å². The van der Waals surface area contributed by atoms with Crippen LogP contribution in [-0.4, -0.2) is 45.4 Å². The first-order chi connectivity index (χ1) is 14.7. The molecule has 0 saturated heterocycles. The molecule has 0 aromatic heterocycles. The van der Waals surface area contributed by atoms with Crippen LogP contribution in [0.25, 0.3) is 0 Å². The third-order valence-electron chi connectivity index (χ3n) is 5.90. The molecular formula is C23H31FN4O2S. The molecule has 168 valence electrons. The number of nitrogens with zero attached hydrogens (tertiary/aromatic N) is 2. The van der Waals surface area contributed by atoms with Crippen LogP contribution in [0.5, 0.6) is 0 Å². The van der Waals surface area contributed by atoms with E-state index in [1.54, 1.807) is 44.4 Å². The zero-order valence-electron chi connectivity index (χ0n) is 18.5. The van der Waals surface area contributed by atoms with E-state index in [0.717, 1.165) is 24.0 Å². The molecule has 8 heteroatoms. The van der Waals surface area contributed by atoms with Crippen molar-refractivity contribution in [3.63, 3.8) is 0 Å². The predicted octanol–water partition coefficient (Wildman–Crippen LogP) is 3.25. The van der Waals surface area contributed by atoms with E-state index < -0.39 is 10.0 Å². The minimum absolute atomic E-state index is 0.111. The molecule has 1 saturated carbocycles. The molecule has 1 aliphatic rings. The third kappa shape index (κ3) is 5.25. The van der Waals surface area contributed by atoms with Crippen molar-refractivity contribution in [2.75, 3.05) is 20.6 Å². The minimum Gasteiger partial charge on any atom is -0.356 e. The molecule has 2 aromatic carbocycles. The molecule has 1 aliphatic carbocycles. The topological polar surface area (TPSA) is 73.8 Å². The van der Waals surface area contributed by atoms with Gasteiger partial charge in [-0.3, -0.25) is 4.99 Å². The highest BCUT2D eigenvalue weighted by molar-refractivity contribution is 7.89. The summed E-state index contributed by atoms with van der Waals surface area (Å²) < 4.78 is 40.7. The fourth-order valence-corrected chi connectivity index (χ4v) is 4.83. The lowest BCUT2D eigenvalue weighted by atomic mass is 9.95. The fourth-order valence-electron chi connectivity index (χ4n) is 3.47. The highest BCUT2D eigenvalue weighted by Gasteiger charge is 2.45. The standard InChI is InChI=1S/C23H31FN4O2S/c1-17(2)28(4)31(29,30)19-11-9-18(10-12-19)15-26-22(25-3)27-16-23(13-14-23)20-7-5-6-8-21(20)24/h5-12,17H,13-16H2,1-4H3,(H2,25,26,27). The first kappa shape index (κ1) is 23.2. The van der Waals surface area contributed by atoms with Gasteiger partial charge in [-0.25, -0.2) is 12.8 Å². The lowest BCUT2D eigenvalue weighted by molar-refractivity contribution is 0.410. The average Bonchev–Trinajstić information content (AvgIpc) is 3.54. The molecular weight excluding hydrogens is 415 g/mol. The van der Waals surface area contributed by atoms with Crippen LogP contribution in [0.3, 0.4) is 0 Å². The lowest BCUT2D eigenvalue weighted by Gasteiger charge is -2.21. The Morgan fingerprint density at radius 1 is 1.13 bits per heavy atom. The maximum Gasteiger partial charge on any atom is 0.243 e. The van der Waals surface area contributed by atoms with Crippen LogP contribution in [0.1, 0.15) is 37.8 Å². The summed E-state index contributed by atoms with van der Waals surface area (Å²) in [6.45, 7) is 4.78. The van der Waals surface area contributed by atoms with Crippen molar-refractivity contribution in [2.24, 2.45) is 4.99 Å². The second-order valence-electron chi connectivity index (χ2n) is 8.30. The molecule has 31 heavy (non-hydrogen) atoms. The Bertz CT molecular complexity index is 1030. The summed E-state index contributed by atoms with van der Waals surface area (Å²) in [6.07, 6.45) is 1.89. The van der Waals surface area contributed by atoms with Crippen LogP contribution in [0, 0.1) is 5.82 Å². The van der Waals surface area contributed by atoms with Gasteiger partial charge in [-0.05, 0) is 56.0 Å². The van der Waals surface area contributed by atoms with E-state index in [1.165, 1.54) is 10.4 Å². The van der Waals surface area contributed by atoms with E-state index in [2.05, 4.69) is 15.6 Å². The van der Waals surface area contributed by atoms with Crippen LogP contribution in [0.4, 0.5) is 4.39 Å². The Balaban J connectivity index is 1.57. The minimum atomic E-state index is -3.49. The van der Waals surface area contributed by atoms with Gasteiger partial charge in [0, 0.05) is 38.6 Å². The van der Waals surface area contributed by atoms with Crippen molar-refractivity contribution < 1.29 is 12.8 Å². The smallest absolute Gasteiger partial charge is 0.243 e. The molecule has 0 amide bonds. The molecule has 0 heterocycles. The number of nitrogens with one attached hydrogen (secondary N) is 2. The summed E-state index contributed by atoms with van der Waals surface area (Å²) in [5, 5.41) is 6.54. The molecule has 0 bridgehead atoms. The summed E-state index contributed by atoms with van der Waals surface area (Å²) >= 11 is 0. The molecule has 6 nitrogen and oxygen atoms in total. The maximum atomic E-state index is 14.2. The van der Waals surface area contributed by atoms with Crippen LogP contribution in [-0.2, 0) is 22.0 Å². The van der Waals surface area contributed by atoms with Crippen molar-refractivity contribution in [1.29, 1.82) is 0 Å². The van der Waals surface area contributed by atoms with Gasteiger partial charge in [0.15, 0.2) is 5.96 Å². The van der Waals surface area contributed by atoms with Crippen molar-refractivity contribution >= 4 is 16.0 Å². The van der Waals surface area contributed by atoms with Gasteiger partial charge in [0.2, 0.25) is 10.0 Å². The van der Waals surface area contributed by atoms with Crippen molar-refractivity contribution in [3.8, 4) is 0 Å². The van der Waals surface area contributed by atoms with E-state index >= 15 is 0 Å². The van der Waals surface area contributed by atoms with Gasteiger partial charge in [0.1, 0.15) is 5.82 Å². The van der Waals surface area contributed by atoms with E-state index in [9.17, 15) is 12.8 Å². The normalized spacial score (nSPS) is 15.9. The highest BCUT2D eigenvalue weighted by Crippen LogP contribution is 2.48. The summed E-state index contributed by atoms with van der Waals surface area (Å²) in [5.41, 5.74) is 1.51. The zero-order chi connectivity index (χ0) is 22.6. The Hall–Kier alpha value is -2.45. The van der Waals surface area contributed by atoms with Crippen LogP contribution < -0.4 is 10.6 Å². The van der Waals surface area contributed by atoms with Gasteiger partial charge >= 0.3 is 0 Å². The molecule has 1 fully saturated rings. The quantitative estimate of drug-likeness (QED) is 0.482. The van der Waals surface area contributed by atoms with E-state index in [4.69, 9.17) is 0 Å². The van der Waals surface area contributed by atoms with Gasteiger partial charge in [-0.15, -0.1) is 0 Å². The van der Waals surface area contributed by atoms with E-state index in [0.29, 0.717) is 19.0 Å². The van der Waals surface area contributed by atoms with Gasteiger partial charge < -0.3 is 10.6 Å². The Kier molecular flexibility index (Phi) is 7.01. The van der Waals surface area contributed by atoms with E-state index in [1.807, 2.05) is 26.0 Å². The Morgan fingerprint density at radius 2 is 1.77 bits per heavy atom. The highest BCUT2D eigenvalue weighted by atomic mass is 32.2. The fraction of sp³-hybridized carbons (Fsp3) is 0.435. The second-order valence-corrected chi connectivity index (χ2v) is 10.3.